The van der Waals surface area contributed by atoms with Crippen molar-refractivity contribution in [3.63, 3.8) is 0 Å². The number of carbonyl (C=O) groups is 1. The first-order valence-corrected chi connectivity index (χ1v) is 11.3. The monoisotopic (exact) mass is 450 g/mol. The molecule has 29 heavy (non-hydrogen) atoms. The number of hydrogen-bond acceptors (Lipinski definition) is 5. The molecule has 0 radical (unpaired) electrons. The summed E-state index contributed by atoms with van der Waals surface area (Å²) < 4.78 is 0. The van der Waals surface area contributed by atoms with Crippen LogP contribution in [0.1, 0.15) is 29.4 Å². The first-order chi connectivity index (χ1) is 13.9. The van der Waals surface area contributed by atoms with Crippen LogP contribution in [0.25, 0.3) is 0 Å². The zero-order valence-electron chi connectivity index (χ0n) is 16.4. The second-order valence-corrected chi connectivity index (χ2v) is 9.52. The van der Waals surface area contributed by atoms with E-state index in [0.29, 0.717) is 10.0 Å². The van der Waals surface area contributed by atoms with Crippen LogP contribution in [-0.2, 0) is 0 Å². The smallest absolute Gasteiger partial charge is 0.265 e. The van der Waals surface area contributed by atoms with Gasteiger partial charge in [0.05, 0.1) is 15.6 Å². The van der Waals surface area contributed by atoms with E-state index in [4.69, 9.17) is 23.2 Å². The second-order valence-electron chi connectivity index (χ2n) is 7.73. The van der Waals surface area contributed by atoms with Gasteiger partial charge in [0.2, 0.25) is 0 Å². The Morgan fingerprint density at radius 2 is 2.03 bits per heavy atom. The van der Waals surface area contributed by atoms with Crippen molar-refractivity contribution in [3.05, 3.63) is 62.9 Å². The van der Waals surface area contributed by atoms with E-state index in [9.17, 15) is 4.79 Å². The maximum Gasteiger partial charge on any atom is 0.265 e. The minimum absolute atomic E-state index is 0.0539. The van der Waals surface area contributed by atoms with Gasteiger partial charge in [0.15, 0.2) is 0 Å². The SMILES string of the molecule is CN1CCC(N(C(=O)c2cccs2)C2(C)C=CN(c3ccc(Cl)cc3Cl)N2)CC1. The van der Waals surface area contributed by atoms with Crippen molar-refractivity contribution in [2.24, 2.45) is 0 Å². The minimum atomic E-state index is -0.662. The Morgan fingerprint density at radius 1 is 1.28 bits per heavy atom. The van der Waals surface area contributed by atoms with Gasteiger partial charge in [-0.15, -0.1) is 11.3 Å². The van der Waals surface area contributed by atoms with Crippen LogP contribution in [0.5, 0.6) is 0 Å². The van der Waals surface area contributed by atoms with E-state index in [2.05, 4.69) is 17.4 Å². The summed E-state index contributed by atoms with van der Waals surface area (Å²) in [6, 6.07) is 9.36. The molecule has 4 rings (SSSR count). The van der Waals surface area contributed by atoms with Crippen LogP contribution in [0.4, 0.5) is 5.69 Å². The number of piperidine rings is 1. The Labute approximate surface area is 185 Å². The number of hydrogen-bond donors (Lipinski definition) is 1. The molecule has 3 heterocycles. The molecule has 5 nitrogen and oxygen atoms in total. The number of nitrogens with zero attached hydrogens (tertiary/aromatic N) is 3. The molecule has 1 atom stereocenters. The van der Waals surface area contributed by atoms with Crippen molar-refractivity contribution in [2.75, 3.05) is 25.1 Å². The van der Waals surface area contributed by atoms with Crippen molar-refractivity contribution < 1.29 is 4.79 Å². The summed E-state index contributed by atoms with van der Waals surface area (Å²) >= 11 is 13.9. The lowest BCUT2D eigenvalue weighted by atomic mass is 9.99. The van der Waals surface area contributed by atoms with E-state index in [1.165, 1.54) is 11.3 Å². The highest BCUT2D eigenvalue weighted by Crippen LogP contribution is 2.35. The van der Waals surface area contributed by atoms with E-state index in [0.717, 1.165) is 36.5 Å². The number of thiophene rings is 1. The van der Waals surface area contributed by atoms with Crippen molar-refractivity contribution in [1.29, 1.82) is 0 Å². The summed E-state index contributed by atoms with van der Waals surface area (Å²) in [5, 5.41) is 4.95. The first-order valence-electron chi connectivity index (χ1n) is 9.64. The lowest BCUT2D eigenvalue weighted by Crippen LogP contribution is -2.63. The summed E-state index contributed by atoms with van der Waals surface area (Å²) in [6.07, 6.45) is 5.85. The fraction of sp³-hybridized carbons (Fsp3) is 0.381. The van der Waals surface area contributed by atoms with E-state index < -0.39 is 5.66 Å². The molecule has 1 amide bonds. The molecule has 0 bridgehead atoms. The molecule has 0 aliphatic carbocycles. The number of benzene rings is 1. The predicted octanol–water partition coefficient (Wildman–Crippen LogP) is 4.85. The van der Waals surface area contributed by atoms with Crippen molar-refractivity contribution in [3.8, 4) is 0 Å². The molecule has 2 aromatic rings. The van der Waals surface area contributed by atoms with Crippen LogP contribution in [0, 0.1) is 0 Å². The van der Waals surface area contributed by atoms with Gasteiger partial charge in [-0.2, -0.15) is 0 Å². The van der Waals surface area contributed by atoms with Crippen molar-refractivity contribution >= 4 is 46.1 Å². The van der Waals surface area contributed by atoms with Gasteiger partial charge >= 0.3 is 0 Å². The second kappa shape index (κ2) is 8.28. The molecular formula is C21H24Cl2N4OS. The van der Waals surface area contributed by atoms with Crippen LogP contribution in [0.3, 0.4) is 0 Å². The third-order valence-corrected chi connectivity index (χ3v) is 6.96. The zero-order chi connectivity index (χ0) is 20.6. The maximum absolute atomic E-state index is 13.5. The number of rotatable bonds is 4. The third kappa shape index (κ3) is 4.18. The molecule has 1 N–H and O–H groups in total. The minimum Gasteiger partial charge on any atom is -0.312 e. The Morgan fingerprint density at radius 3 is 2.69 bits per heavy atom. The van der Waals surface area contributed by atoms with E-state index in [1.807, 2.05) is 52.7 Å². The van der Waals surface area contributed by atoms with Gasteiger partial charge in [0.25, 0.3) is 5.91 Å². The molecule has 154 valence electrons. The highest BCUT2D eigenvalue weighted by Gasteiger charge is 2.43. The normalized spacial score (nSPS) is 23.0. The molecule has 1 aromatic carbocycles. The third-order valence-electron chi connectivity index (χ3n) is 5.57. The molecule has 1 saturated heterocycles. The standard InChI is InChI=1S/C21H24Cl2N4OS/c1-21(9-12-26(24-21)18-6-5-15(22)14-17(18)23)27(16-7-10-25(2)11-8-16)20(28)19-4-3-13-29-19/h3-6,9,12-14,16,24H,7-8,10-11H2,1-2H3. The van der Waals surface area contributed by atoms with Crippen LogP contribution in [-0.4, -0.2) is 47.5 Å². The van der Waals surface area contributed by atoms with Gasteiger partial charge in [0, 0.05) is 17.3 Å². The van der Waals surface area contributed by atoms with Gasteiger partial charge in [-0.1, -0.05) is 29.3 Å². The van der Waals surface area contributed by atoms with Gasteiger partial charge in [-0.25, -0.2) is 5.43 Å². The summed E-state index contributed by atoms with van der Waals surface area (Å²) in [7, 11) is 2.13. The molecule has 0 saturated carbocycles. The molecule has 1 unspecified atom stereocenters. The number of hydrazine groups is 1. The van der Waals surface area contributed by atoms with Crippen LogP contribution in [0.15, 0.2) is 48.0 Å². The molecular weight excluding hydrogens is 427 g/mol. The Balaban J connectivity index is 1.63. The van der Waals surface area contributed by atoms with Gasteiger partial charge in [-0.3, -0.25) is 9.80 Å². The highest BCUT2D eigenvalue weighted by atomic mass is 35.5. The van der Waals surface area contributed by atoms with Crippen molar-refractivity contribution in [2.45, 2.75) is 31.5 Å². The number of halogens is 2. The maximum atomic E-state index is 13.5. The first kappa shape index (κ1) is 20.7. The number of nitrogens with one attached hydrogen (secondary N) is 1. The predicted molar refractivity (Wildman–Crippen MR) is 121 cm³/mol. The topological polar surface area (TPSA) is 38.8 Å². The molecule has 1 fully saturated rings. The average molecular weight is 451 g/mol. The number of anilines is 1. The zero-order valence-corrected chi connectivity index (χ0v) is 18.8. The van der Waals surface area contributed by atoms with E-state index in [1.54, 1.807) is 12.1 Å². The quantitative estimate of drug-likeness (QED) is 0.722. The van der Waals surface area contributed by atoms with Gasteiger partial charge in [0.1, 0.15) is 5.66 Å². The van der Waals surface area contributed by atoms with Crippen LogP contribution >= 0.6 is 34.5 Å². The summed E-state index contributed by atoms with van der Waals surface area (Å²) in [5.41, 5.74) is 3.62. The lowest BCUT2D eigenvalue weighted by molar-refractivity contribution is 0.0274. The van der Waals surface area contributed by atoms with Crippen LogP contribution in [0.2, 0.25) is 10.0 Å². The Bertz CT molecular complexity index is 911. The molecule has 0 spiro atoms. The van der Waals surface area contributed by atoms with Crippen LogP contribution < -0.4 is 10.4 Å². The fourth-order valence-electron chi connectivity index (χ4n) is 4.02. The van der Waals surface area contributed by atoms with Gasteiger partial charge in [-0.05, 0) is 75.6 Å². The molecule has 1 aromatic heterocycles. The molecule has 2 aliphatic rings. The lowest BCUT2D eigenvalue weighted by Gasteiger charge is -2.46. The Hall–Kier alpha value is -1.57. The number of carbonyl (C=O) groups excluding carboxylic acids is 1. The summed E-state index contributed by atoms with van der Waals surface area (Å²) in [4.78, 5) is 18.6. The number of amides is 1. The Kier molecular flexibility index (Phi) is 5.91. The highest BCUT2D eigenvalue weighted by molar-refractivity contribution is 7.12. The van der Waals surface area contributed by atoms with E-state index >= 15 is 0 Å². The number of likely N-dealkylation sites (tertiary alicyclic amines) is 1. The molecule has 2 aliphatic heterocycles. The molecule has 8 heteroatoms. The summed E-state index contributed by atoms with van der Waals surface area (Å²) in [6.45, 7) is 3.99. The fourth-order valence-corrected chi connectivity index (χ4v) is 5.18. The van der Waals surface area contributed by atoms with Crippen molar-refractivity contribution in [1.82, 2.24) is 15.2 Å². The largest absolute Gasteiger partial charge is 0.312 e. The summed E-state index contributed by atoms with van der Waals surface area (Å²) in [5.74, 6) is 0.0539. The van der Waals surface area contributed by atoms with E-state index in [-0.39, 0.29) is 11.9 Å². The average Bonchev–Trinajstić information content (AvgIpc) is 3.34. The van der Waals surface area contributed by atoms with Gasteiger partial charge < -0.3 is 9.80 Å².